The zero-order chi connectivity index (χ0) is 12.0. The molecule has 0 bridgehead atoms. The van der Waals surface area contributed by atoms with Crippen LogP contribution in [0.25, 0.3) is 0 Å². The molecule has 3 nitrogen and oxygen atoms in total. The van der Waals surface area contributed by atoms with E-state index in [4.69, 9.17) is 5.73 Å². The Labute approximate surface area is 99.2 Å². The van der Waals surface area contributed by atoms with Crippen molar-refractivity contribution in [1.29, 1.82) is 0 Å². The summed E-state index contributed by atoms with van der Waals surface area (Å²) in [5.41, 5.74) is 6.06. The molecule has 1 saturated carbocycles. The second kappa shape index (κ2) is 6.89. The summed E-state index contributed by atoms with van der Waals surface area (Å²) in [6.07, 6.45) is 6.66. The van der Waals surface area contributed by atoms with Crippen molar-refractivity contribution in [2.75, 3.05) is 6.54 Å². The van der Waals surface area contributed by atoms with E-state index in [1.807, 2.05) is 0 Å². The Kier molecular flexibility index (Phi) is 5.81. The highest BCUT2D eigenvalue weighted by atomic mass is 16.1. The van der Waals surface area contributed by atoms with Gasteiger partial charge in [-0.3, -0.25) is 4.79 Å². The van der Waals surface area contributed by atoms with Crippen LogP contribution in [0, 0.1) is 11.8 Å². The number of amides is 1. The second-order valence-electron chi connectivity index (χ2n) is 4.97. The average molecular weight is 226 g/mol. The molecular weight excluding hydrogens is 200 g/mol. The van der Waals surface area contributed by atoms with Gasteiger partial charge in [0.1, 0.15) is 0 Å². The molecule has 0 heterocycles. The van der Waals surface area contributed by atoms with E-state index in [1.54, 1.807) is 0 Å². The number of nitrogens with one attached hydrogen (secondary N) is 1. The molecule has 2 unspecified atom stereocenters. The quantitative estimate of drug-likeness (QED) is 0.754. The van der Waals surface area contributed by atoms with E-state index >= 15 is 0 Å². The van der Waals surface area contributed by atoms with Crippen LogP contribution in [-0.4, -0.2) is 18.5 Å². The number of rotatable bonds is 5. The summed E-state index contributed by atoms with van der Waals surface area (Å²) in [4.78, 5) is 11.8. The van der Waals surface area contributed by atoms with Crippen molar-refractivity contribution < 1.29 is 4.79 Å². The van der Waals surface area contributed by atoms with Gasteiger partial charge < -0.3 is 11.1 Å². The smallest absolute Gasteiger partial charge is 0.223 e. The third kappa shape index (κ3) is 3.78. The van der Waals surface area contributed by atoms with E-state index in [1.165, 1.54) is 19.3 Å². The maximum absolute atomic E-state index is 11.8. The van der Waals surface area contributed by atoms with Gasteiger partial charge in [0.25, 0.3) is 0 Å². The van der Waals surface area contributed by atoms with Crippen LogP contribution in [-0.2, 0) is 4.79 Å². The Hall–Kier alpha value is -0.570. The minimum absolute atomic E-state index is 0.180. The normalized spacial score (nSPS) is 25.8. The van der Waals surface area contributed by atoms with Crippen molar-refractivity contribution in [1.82, 2.24) is 5.32 Å². The minimum atomic E-state index is 0.180. The standard InChI is InChI=1S/C13H26N2O/c1-3-10(4-2)13(16)15-9-11-7-5-6-8-12(11)14/h10-12H,3-9,14H2,1-2H3,(H,15,16). The van der Waals surface area contributed by atoms with Gasteiger partial charge in [0, 0.05) is 18.5 Å². The molecule has 16 heavy (non-hydrogen) atoms. The van der Waals surface area contributed by atoms with Gasteiger partial charge >= 0.3 is 0 Å². The van der Waals surface area contributed by atoms with E-state index < -0.39 is 0 Å². The highest BCUT2D eigenvalue weighted by Crippen LogP contribution is 2.22. The van der Waals surface area contributed by atoms with Crippen molar-refractivity contribution in [3.05, 3.63) is 0 Å². The number of nitrogens with two attached hydrogens (primary N) is 1. The Bertz CT molecular complexity index is 214. The summed E-state index contributed by atoms with van der Waals surface area (Å²) in [7, 11) is 0. The Morgan fingerprint density at radius 3 is 2.50 bits per heavy atom. The number of carbonyl (C=O) groups is 1. The van der Waals surface area contributed by atoms with Crippen molar-refractivity contribution in [3.8, 4) is 0 Å². The lowest BCUT2D eigenvalue weighted by Crippen LogP contribution is -2.42. The average Bonchev–Trinajstić information content (AvgIpc) is 2.29. The van der Waals surface area contributed by atoms with Crippen LogP contribution in [0.2, 0.25) is 0 Å². The molecule has 2 atom stereocenters. The van der Waals surface area contributed by atoms with Gasteiger partial charge in [-0.15, -0.1) is 0 Å². The molecule has 0 aromatic carbocycles. The molecule has 94 valence electrons. The van der Waals surface area contributed by atoms with Gasteiger partial charge in [-0.05, 0) is 31.6 Å². The molecule has 0 aliphatic heterocycles. The summed E-state index contributed by atoms with van der Waals surface area (Å²) >= 11 is 0. The molecule has 1 aliphatic carbocycles. The third-order valence-electron chi connectivity index (χ3n) is 3.86. The predicted octanol–water partition coefficient (Wildman–Crippen LogP) is 2.06. The molecule has 1 rings (SSSR count). The lowest BCUT2D eigenvalue weighted by molar-refractivity contribution is -0.125. The molecule has 1 fully saturated rings. The lowest BCUT2D eigenvalue weighted by Gasteiger charge is -2.29. The molecular formula is C13H26N2O. The van der Waals surface area contributed by atoms with Crippen LogP contribution >= 0.6 is 0 Å². The first-order chi connectivity index (χ1) is 7.69. The van der Waals surface area contributed by atoms with Crippen LogP contribution in [0.15, 0.2) is 0 Å². The fourth-order valence-corrected chi connectivity index (χ4v) is 2.53. The Balaban J connectivity index is 2.29. The van der Waals surface area contributed by atoms with Crippen molar-refractivity contribution in [3.63, 3.8) is 0 Å². The number of hydrogen-bond donors (Lipinski definition) is 2. The molecule has 3 heteroatoms. The minimum Gasteiger partial charge on any atom is -0.356 e. The maximum atomic E-state index is 11.8. The zero-order valence-corrected chi connectivity index (χ0v) is 10.7. The predicted molar refractivity (Wildman–Crippen MR) is 67.0 cm³/mol. The Morgan fingerprint density at radius 2 is 1.94 bits per heavy atom. The SMILES string of the molecule is CCC(CC)C(=O)NCC1CCCCC1N. The molecule has 3 N–H and O–H groups in total. The van der Waals surface area contributed by atoms with E-state index in [0.717, 1.165) is 25.8 Å². The summed E-state index contributed by atoms with van der Waals surface area (Å²) in [6, 6.07) is 0.288. The van der Waals surface area contributed by atoms with E-state index in [2.05, 4.69) is 19.2 Å². The second-order valence-corrected chi connectivity index (χ2v) is 4.97. The first-order valence-corrected chi connectivity index (χ1v) is 6.72. The topological polar surface area (TPSA) is 55.1 Å². The summed E-state index contributed by atoms with van der Waals surface area (Å²) in [5, 5.41) is 3.07. The molecule has 1 aliphatic rings. The van der Waals surface area contributed by atoms with Crippen LogP contribution in [0.1, 0.15) is 52.4 Å². The number of carbonyl (C=O) groups excluding carboxylic acids is 1. The molecule has 0 radical (unpaired) electrons. The number of hydrogen-bond acceptors (Lipinski definition) is 2. The van der Waals surface area contributed by atoms with Crippen molar-refractivity contribution in [2.45, 2.75) is 58.4 Å². The van der Waals surface area contributed by atoms with Crippen LogP contribution in [0.4, 0.5) is 0 Å². The monoisotopic (exact) mass is 226 g/mol. The molecule has 0 saturated heterocycles. The van der Waals surface area contributed by atoms with Gasteiger partial charge in [0.15, 0.2) is 0 Å². The lowest BCUT2D eigenvalue weighted by atomic mass is 9.85. The van der Waals surface area contributed by atoms with Gasteiger partial charge in [0.2, 0.25) is 5.91 Å². The summed E-state index contributed by atoms with van der Waals surface area (Å²) < 4.78 is 0. The van der Waals surface area contributed by atoms with E-state index in [0.29, 0.717) is 5.92 Å². The maximum Gasteiger partial charge on any atom is 0.223 e. The van der Waals surface area contributed by atoms with Crippen LogP contribution < -0.4 is 11.1 Å². The highest BCUT2D eigenvalue weighted by molar-refractivity contribution is 5.78. The van der Waals surface area contributed by atoms with Crippen molar-refractivity contribution in [2.24, 2.45) is 17.6 Å². The largest absolute Gasteiger partial charge is 0.356 e. The van der Waals surface area contributed by atoms with Gasteiger partial charge in [0.05, 0.1) is 0 Å². The molecule has 0 spiro atoms. The van der Waals surface area contributed by atoms with Gasteiger partial charge in [-0.1, -0.05) is 26.7 Å². The third-order valence-corrected chi connectivity index (χ3v) is 3.86. The Morgan fingerprint density at radius 1 is 1.31 bits per heavy atom. The fraction of sp³-hybridized carbons (Fsp3) is 0.923. The first kappa shape index (κ1) is 13.5. The van der Waals surface area contributed by atoms with Gasteiger partial charge in [-0.2, -0.15) is 0 Å². The zero-order valence-electron chi connectivity index (χ0n) is 10.7. The van der Waals surface area contributed by atoms with Crippen LogP contribution in [0.5, 0.6) is 0 Å². The molecule has 1 amide bonds. The van der Waals surface area contributed by atoms with Gasteiger partial charge in [-0.25, -0.2) is 0 Å². The molecule has 0 aromatic rings. The molecule has 0 aromatic heterocycles. The highest BCUT2D eigenvalue weighted by Gasteiger charge is 2.23. The van der Waals surface area contributed by atoms with E-state index in [-0.39, 0.29) is 17.9 Å². The summed E-state index contributed by atoms with van der Waals surface area (Å²) in [5.74, 6) is 0.884. The fourth-order valence-electron chi connectivity index (χ4n) is 2.53. The van der Waals surface area contributed by atoms with Crippen LogP contribution in [0.3, 0.4) is 0 Å². The first-order valence-electron chi connectivity index (χ1n) is 6.72. The van der Waals surface area contributed by atoms with E-state index in [9.17, 15) is 4.79 Å². The van der Waals surface area contributed by atoms with Crippen molar-refractivity contribution >= 4 is 5.91 Å². The summed E-state index contributed by atoms with van der Waals surface area (Å²) in [6.45, 7) is 4.91.